The zero-order valence-electron chi connectivity index (χ0n) is 17.3. The Labute approximate surface area is 188 Å². The van der Waals surface area contributed by atoms with E-state index in [-0.39, 0.29) is 12.1 Å². The zero-order chi connectivity index (χ0) is 21.4. The number of anilines is 2. The Kier molecular flexibility index (Phi) is 5.80. The third-order valence-electron chi connectivity index (χ3n) is 6.37. The number of aliphatic hydroxyl groups is 1. The number of aromatic nitrogens is 4. The molecule has 2 aromatic heterocycles. The number of rotatable bonds is 6. The molecule has 1 saturated carbocycles. The number of aliphatic hydroxyl groups excluding tert-OH is 1. The summed E-state index contributed by atoms with van der Waals surface area (Å²) in [6.45, 7) is 4.02. The lowest BCUT2D eigenvalue weighted by Crippen LogP contribution is -2.49. The van der Waals surface area contributed by atoms with Crippen molar-refractivity contribution in [3.05, 3.63) is 28.9 Å². The van der Waals surface area contributed by atoms with Gasteiger partial charge >= 0.3 is 0 Å². The van der Waals surface area contributed by atoms with Crippen LogP contribution in [0.25, 0.3) is 0 Å². The van der Waals surface area contributed by atoms with Crippen LogP contribution in [0.3, 0.4) is 0 Å². The van der Waals surface area contributed by atoms with Gasteiger partial charge in [0.05, 0.1) is 40.2 Å². The number of nitrogens with one attached hydrogen (secondary N) is 1. The average molecular weight is 464 g/mol. The number of nitrogens with zero attached hydrogens (tertiary/aromatic N) is 6. The smallest absolute Gasteiger partial charge is 0.227 e. The lowest BCUT2D eigenvalue weighted by Gasteiger charge is -2.42. The molecule has 11 heteroatoms. The maximum Gasteiger partial charge on any atom is 0.227 e. The highest BCUT2D eigenvalue weighted by Gasteiger charge is 2.39. The van der Waals surface area contributed by atoms with Crippen LogP contribution in [-0.4, -0.2) is 78.2 Å². The molecular weight excluding hydrogens is 438 g/mol. The van der Waals surface area contributed by atoms with Gasteiger partial charge in [0.2, 0.25) is 5.95 Å². The largest absolute Gasteiger partial charge is 0.394 e. The molecule has 5 rings (SSSR count). The van der Waals surface area contributed by atoms with Gasteiger partial charge in [0.15, 0.2) is 0 Å². The molecule has 1 aliphatic carbocycles. The highest BCUT2D eigenvalue weighted by atomic mass is 35.5. The van der Waals surface area contributed by atoms with Crippen molar-refractivity contribution >= 4 is 34.2 Å². The molecule has 2 fully saturated rings. The topological polar surface area (TPSA) is 107 Å². The molecule has 4 heterocycles. The van der Waals surface area contributed by atoms with E-state index < -0.39 is 10.8 Å². The van der Waals surface area contributed by atoms with E-state index in [9.17, 15) is 9.32 Å². The van der Waals surface area contributed by atoms with Crippen LogP contribution in [0.5, 0.6) is 0 Å². The first-order valence-electron chi connectivity index (χ1n) is 10.7. The molecular formula is C20H26ClN7O2S. The van der Waals surface area contributed by atoms with Crippen LogP contribution < -0.4 is 10.2 Å². The molecule has 1 saturated heterocycles. The predicted octanol–water partition coefficient (Wildman–Crippen LogP) is 1.23. The van der Waals surface area contributed by atoms with Crippen LogP contribution in [0.15, 0.2) is 17.3 Å². The van der Waals surface area contributed by atoms with Gasteiger partial charge < -0.3 is 15.3 Å². The Balaban J connectivity index is 1.31. The molecule has 1 unspecified atom stereocenters. The lowest BCUT2D eigenvalue weighted by atomic mass is 9.77. The molecule has 3 aliphatic rings. The number of hydrogen-bond donors (Lipinski definition) is 2. The molecule has 0 amide bonds. The molecule has 0 bridgehead atoms. The minimum Gasteiger partial charge on any atom is -0.394 e. The van der Waals surface area contributed by atoms with Crippen LogP contribution in [0, 0.1) is 0 Å². The number of hydrogen-bond acceptors (Lipinski definition) is 9. The minimum atomic E-state index is -1.09. The summed E-state index contributed by atoms with van der Waals surface area (Å²) in [5, 5.41) is 13.9. The Morgan fingerprint density at radius 2 is 1.90 bits per heavy atom. The highest BCUT2D eigenvalue weighted by Crippen LogP contribution is 2.38. The second-order valence-electron chi connectivity index (χ2n) is 8.45. The lowest BCUT2D eigenvalue weighted by molar-refractivity contribution is 0.143. The fraction of sp³-hybridized carbons (Fsp3) is 0.600. The van der Waals surface area contributed by atoms with Crippen LogP contribution in [-0.2, 0) is 23.8 Å². The van der Waals surface area contributed by atoms with Crippen molar-refractivity contribution in [3.63, 3.8) is 0 Å². The number of halogens is 1. The summed E-state index contributed by atoms with van der Waals surface area (Å²) in [4.78, 5) is 23.3. The van der Waals surface area contributed by atoms with Crippen molar-refractivity contribution in [3.8, 4) is 0 Å². The SMILES string of the molecule is O=S1CCc2nc(N3CCN(Cc4ncc(Cl)cn4)CC3)nc(NC3(CO)CCC3)c21. The normalized spacial score (nSPS) is 22.8. The molecule has 31 heavy (non-hydrogen) atoms. The second-order valence-corrected chi connectivity index (χ2v) is 10.4. The average Bonchev–Trinajstić information content (AvgIpc) is 3.14. The van der Waals surface area contributed by atoms with E-state index in [0.717, 1.165) is 61.9 Å². The third-order valence-corrected chi connectivity index (χ3v) is 8.02. The summed E-state index contributed by atoms with van der Waals surface area (Å²) in [6.07, 6.45) is 6.82. The van der Waals surface area contributed by atoms with Crippen LogP contribution >= 0.6 is 11.6 Å². The molecule has 166 valence electrons. The Morgan fingerprint density at radius 1 is 1.16 bits per heavy atom. The molecule has 0 radical (unpaired) electrons. The third kappa shape index (κ3) is 4.26. The maximum atomic E-state index is 12.6. The van der Waals surface area contributed by atoms with Crippen LogP contribution in [0.1, 0.15) is 30.8 Å². The fourth-order valence-corrected chi connectivity index (χ4v) is 5.72. The van der Waals surface area contributed by atoms with E-state index >= 15 is 0 Å². The van der Waals surface area contributed by atoms with Gasteiger partial charge in [-0.1, -0.05) is 11.6 Å². The van der Waals surface area contributed by atoms with Gasteiger partial charge in [0, 0.05) is 50.7 Å². The molecule has 0 aromatic carbocycles. The van der Waals surface area contributed by atoms with Crippen LogP contribution in [0.4, 0.5) is 11.8 Å². The highest BCUT2D eigenvalue weighted by molar-refractivity contribution is 7.85. The first-order valence-corrected chi connectivity index (χ1v) is 12.4. The van der Waals surface area contributed by atoms with E-state index in [1.54, 1.807) is 12.4 Å². The quantitative estimate of drug-likeness (QED) is 0.653. The number of aryl methyl sites for hydroxylation is 1. The van der Waals surface area contributed by atoms with Crippen molar-refractivity contribution in [2.45, 2.75) is 42.7 Å². The summed E-state index contributed by atoms with van der Waals surface area (Å²) in [6, 6.07) is 0. The van der Waals surface area contributed by atoms with Crippen molar-refractivity contribution in [1.82, 2.24) is 24.8 Å². The molecule has 1 atom stereocenters. The van der Waals surface area contributed by atoms with Gasteiger partial charge in [-0.05, 0) is 19.3 Å². The first-order chi connectivity index (χ1) is 15.0. The van der Waals surface area contributed by atoms with E-state index in [2.05, 4.69) is 25.1 Å². The van der Waals surface area contributed by atoms with Crippen molar-refractivity contribution < 1.29 is 9.32 Å². The van der Waals surface area contributed by atoms with Gasteiger partial charge in [-0.2, -0.15) is 4.98 Å². The number of fused-ring (bicyclic) bond motifs is 1. The monoisotopic (exact) mass is 463 g/mol. The van der Waals surface area contributed by atoms with Gasteiger partial charge in [-0.3, -0.25) is 9.11 Å². The van der Waals surface area contributed by atoms with E-state index in [1.807, 2.05) is 0 Å². The summed E-state index contributed by atoms with van der Waals surface area (Å²) >= 11 is 5.87. The predicted molar refractivity (Wildman–Crippen MR) is 119 cm³/mol. The Hall–Kier alpha value is -1.88. The molecule has 2 aromatic rings. The second kappa shape index (κ2) is 8.57. The Bertz CT molecular complexity index is 973. The first kappa shape index (κ1) is 21.0. The van der Waals surface area contributed by atoms with E-state index in [4.69, 9.17) is 21.6 Å². The van der Waals surface area contributed by atoms with E-state index in [1.165, 1.54) is 0 Å². The van der Waals surface area contributed by atoms with Crippen molar-refractivity contribution in [1.29, 1.82) is 0 Å². The number of piperazine rings is 1. The van der Waals surface area contributed by atoms with Gasteiger partial charge in [0.1, 0.15) is 16.5 Å². The summed E-state index contributed by atoms with van der Waals surface area (Å²) in [7, 11) is -1.09. The Morgan fingerprint density at radius 3 is 2.55 bits per heavy atom. The fourth-order valence-electron chi connectivity index (χ4n) is 4.31. The summed E-state index contributed by atoms with van der Waals surface area (Å²) in [5.41, 5.74) is 0.527. The minimum absolute atomic E-state index is 0.0547. The maximum absolute atomic E-state index is 12.6. The molecule has 0 spiro atoms. The molecule has 2 aliphatic heterocycles. The van der Waals surface area contributed by atoms with Gasteiger partial charge in [-0.15, -0.1) is 0 Å². The van der Waals surface area contributed by atoms with Gasteiger partial charge in [-0.25, -0.2) is 15.0 Å². The molecule has 9 nitrogen and oxygen atoms in total. The summed E-state index contributed by atoms with van der Waals surface area (Å²) in [5.74, 6) is 2.66. The summed E-state index contributed by atoms with van der Waals surface area (Å²) < 4.78 is 12.6. The zero-order valence-corrected chi connectivity index (χ0v) is 18.8. The standard InChI is InChI=1S/C20H26ClN7O2S/c21-14-10-22-16(23-11-14)12-27-5-7-28(8-6-27)19-24-15-2-9-31(30)17(15)18(25-19)26-20(13-29)3-1-4-20/h10-11,29H,1-9,12-13H2,(H,24,25,26). The van der Waals surface area contributed by atoms with E-state index in [0.29, 0.717) is 35.5 Å². The van der Waals surface area contributed by atoms with Crippen molar-refractivity contribution in [2.24, 2.45) is 0 Å². The van der Waals surface area contributed by atoms with Gasteiger partial charge in [0.25, 0.3) is 0 Å². The van der Waals surface area contributed by atoms with Crippen molar-refractivity contribution in [2.75, 3.05) is 48.8 Å². The van der Waals surface area contributed by atoms with Crippen LogP contribution in [0.2, 0.25) is 5.02 Å². The molecule has 2 N–H and O–H groups in total.